The van der Waals surface area contributed by atoms with Crippen molar-refractivity contribution in [1.29, 1.82) is 0 Å². The molecule has 1 aromatic heterocycles. The quantitative estimate of drug-likeness (QED) is 0.872. The Balaban J connectivity index is 2.15. The average molecular weight is 251 g/mol. The van der Waals surface area contributed by atoms with Gasteiger partial charge in [0.05, 0.1) is 5.69 Å². The molecule has 14 heavy (non-hydrogen) atoms. The van der Waals surface area contributed by atoms with E-state index < -0.39 is 0 Å². The Kier molecular flexibility index (Phi) is 2.68. The predicted molar refractivity (Wildman–Crippen MR) is 60.3 cm³/mol. The zero-order valence-electron chi connectivity index (χ0n) is 7.92. The third kappa shape index (κ3) is 2.23. The summed E-state index contributed by atoms with van der Waals surface area (Å²) in [6.45, 7) is 2.01. The topological polar surface area (TPSA) is 28.7 Å². The van der Waals surface area contributed by atoms with Crippen LogP contribution in [-0.2, 0) is 6.42 Å². The van der Waals surface area contributed by atoms with Gasteiger partial charge in [-0.3, -0.25) is 5.10 Å². The van der Waals surface area contributed by atoms with Crippen LogP contribution in [0, 0.1) is 6.92 Å². The van der Waals surface area contributed by atoms with Gasteiger partial charge in [0.25, 0.3) is 0 Å². The van der Waals surface area contributed by atoms with Crippen molar-refractivity contribution in [1.82, 2.24) is 10.2 Å². The highest BCUT2D eigenvalue weighted by atomic mass is 79.9. The van der Waals surface area contributed by atoms with Gasteiger partial charge in [0, 0.05) is 16.6 Å². The van der Waals surface area contributed by atoms with E-state index in [0.29, 0.717) is 0 Å². The highest BCUT2D eigenvalue weighted by Gasteiger charge is 1.99. The second-order valence-electron chi connectivity index (χ2n) is 3.35. The number of aromatic amines is 1. The Morgan fingerprint density at radius 1 is 1.29 bits per heavy atom. The molecule has 0 aliphatic carbocycles. The fourth-order valence-corrected chi connectivity index (χ4v) is 1.64. The molecule has 0 bridgehead atoms. The standard InChI is InChI=1S/C11H11BrN2/c1-8-6-11(14-13-8)7-9-2-4-10(12)5-3-9/h2-6H,7H2,1H3,(H,13,14). The lowest BCUT2D eigenvalue weighted by Crippen LogP contribution is -1.87. The Bertz CT molecular complexity index is 417. The van der Waals surface area contributed by atoms with Gasteiger partial charge in [-0.15, -0.1) is 0 Å². The molecule has 3 heteroatoms. The van der Waals surface area contributed by atoms with E-state index >= 15 is 0 Å². The molecule has 2 rings (SSSR count). The molecule has 0 radical (unpaired) electrons. The fourth-order valence-electron chi connectivity index (χ4n) is 1.38. The summed E-state index contributed by atoms with van der Waals surface area (Å²) in [6.07, 6.45) is 0.887. The molecule has 1 aromatic carbocycles. The highest BCUT2D eigenvalue weighted by Crippen LogP contribution is 2.13. The van der Waals surface area contributed by atoms with Crippen LogP contribution in [0.3, 0.4) is 0 Å². The van der Waals surface area contributed by atoms with Crippen LogP contribution in [0.4, 0.5) is 0 Å². The van der Waals surface area contributed by atoms with Crippen molar-refractivity contribution >= 4 is 15.9 Å². The zero-order valence-corrected chi connectivity index (χ0v) is 9.51. The number of aromatic nitrogens is 2. The van der Waals surface area contributed by atoms with Crippen LogP contribution < -0.4 is 0 Å². The molecule has 72 valence electrons. The zero-order chi connectivity index (χ0) is 9.97. The van der Waals surface area contributed by atoms with Crippen molar-refractivity contribution in [3.8, 4) is 0 Å². The molecule has 0 aliphatic rings. The van der Waals surface area contributed by atoms with E-state index in [9.17, 15) is 0 Å². The number of rotatable bonds is 2. The first kappa shape index (κ1) is 9.46. The number of nitrogens with zero attached hydrogens (tertiary/aromatic N) is 1. The third-order valence-electron chi connectivity index (χ3n) is 2.06. The lowest BCUT2D eigenvalue weighted by Gasteiger charge is -1.97. The minimum atomic E-state index is 0.887. The van der Waals surface area contributed by atoms with Gasteiger partial charge in [-0.25, -0.2) is 0 Å². The van der Waals surface area contributed by atoms with Gasteiger partial charge >= 0.3 is 0 Å². The number of hydrogen-bond acceptors (Lipinski definition) is 1. The molecule has 0 aliphatic heterocycles. The van der Waals surface area contributed by atoms with E-state index in [-0.39, 0.29) is 0 Å². The minimum Gasteiger partial charge on any atom is -0.283 e. The van der Waals surface area contributed by atoms with Crippen molar-refractivity contribution < 1.29 is 0 Å². The van der Waals surface area contributed by atoms with Crippen LogP contribution in [0.2, 0.25) is 0 Å². The molecular weight excluding hydrogens is 240 g/mol. The summed E-state index contributed by atoms with van der Waals surface area (Å²) >= 11 is 3.41. The van der Waals surface area contributed by atoms with Crippen LogP contribution >= 0.6 is 15.9 Å². The molecule has 1 heterocycles. The molecule has 2 nitrogen and oxygen atoms in total. The maximum atomic E-state index is 4.20. The van der Waals surface area contributed by atoms with E-state index in [2.05, 4.69) is 56.5 Å². The van der Waals surface area contributed by atoms with Crippen LogP contribution in [-0.4, -0.2) is 10.2 Å². The summed E-state index contributed by atoms with van der Waals surface area (Å²) in [4.78, 5) is 0. The Morgan fingerprint density at radius 3 is 2.57 bits per heavy atom. The van der Waals surface area contributed by atoms with Crippen LogP contribution in [0.1, 0.15) is 17.0 Å². The van der Waals surface area contributed by atoms with Crippen molar-refractivity contribution in [2.45, 2.75) is 13.3 Å². The van der Waals surface area contributed by atoms with E-state index in [0.717, 1.165) is 22.3 Å². The van der Waals surface area contributed by atoms with Gasteiger partial charge in [0.15, 0.2) is 0 Å². The molecule has 0 unspecified atom stereocenters. The van der Waals surface area contributed by atoms with E-state index in [1.165, 1.54) is 5.56 Å². The molecule has 0 amide bonds. The Morgan fingerprint density at radius 2 is 2.00 bits per heavy atom. The first-order chi connectivity index (χ1) is 6.74. The summed E-state index contributed by atoms with van der Waals surface area (Å²) in [5.74, 6) is 0. The molecule has 2 aromatic rings. The van der Waals surface area contributed by atoms with E-state index in [1.54, 1.807) is 0 Å². The maximum absolute atomic E-state index is 4.20. The Labute approximate surface area is 91.5 Å². The second-order valence-corrected chi connectivity index (χ2v) is 4.26. The van der Waals surface area contributed by atoms with Crippen LogP contribution in [0.15, 0.2) is 34.8 Å². The van der Waals surface area contributed by atoms with Crippen LogP contribution in [0.5, 0.6) is 0 Å². The summed E-state index contributed by atoms with van der Waals surface area (Å²) in [5, 5.41) is 7.14. The molecule has 0 saturated heterocycles. The normalized spacial score (nSPS) is 10.4. The highest BCUT2D eigenvalue weighted by molar-refractivity contribution is 9.10. The van der Waals surface area contributed by atoms with Gasteiger partial charge in [-0.2, -0.15) is 5.10 Å². The number of aryl methyl sites for hydroxylation is 1. The van der Waals surface area contributed by atoms with E-state index in [4.69, 9.17) is 0 Å². The summed E-state index contributed by atoms with van der Waals surface area (Å²) in [5.41, 5.74) is 3.47. The number of halogens is 1. The van der Waals surface area contributed by atoms with Crippen LogP contribution in [0.25, 0.3) is 0 Å². The molecule has 0 fully saturated rings. The summed E-state index contributed by atoms with van der Waals surface area (Å²) in [6, 6.07) is 10.4. The summed E-state index contributed by atoms with van der Waals surface area (Å²) < 4.78 is 1.11. The SMILES string of the molecule is Cc1cc(Cc2ccc(Br)cc2)n[nH]1. The minimum absolute atomic E-state index is 0.887. The second kappa shape index (κ2) is 3.96. The van der Waals surface area contributed by atoms with Crippen molar-refractivity contribution in [3.05, 3.63) is 51.8 Å². The van der Waals surface area contributed by atoms with Gasteiger partial charge < -0.3 is 0 Å². The molecule has 0 saturated carbocycles. The summed E-state index contributed by atoms with van der Waals surface area (Å²) in [7, 11) is 0. The molecule has 1 N–H and O–H groups in total. The number of benzene rings is 1. The lowest BCUT2D eigenvalue weighted by molar-refractivity contribution is 0.979. The van der Waals surface area contributed by atoms with Gasteiger partial charge in [-0.1, -0.05) is 28.1 Å². The number of hydrogen-bond donors (Lipinski definition) is 1. The first-order valence-corrected chi connectivity index (χ1v) is 5.29. The van der Waals surface area contributed by atoms with Gasteiger partial charge in [-0.05, 0) is 30.7 Å². The molecular formula is C11H11BrN2. The number of H-pyrrole nitrogens is 1. The third-order valence-corrected chi connectivity index (χ3v) is 2.59. The monoisotopic (exact) mass is 250 g/mol. The largest absolute Gasteiger partial charge is 0.283 e. The lowest BCUT2D eigenvalue weighted by atomic mass is 10.1. The number of nitrogens with one attached hydrogen (secondary N) is 1. The van der Waals surface area contributed by atoms with Crippen molar-refractivity contribution in [2.24, 2.45) is 0 Å². The fraction of sp³-hybridized carbons (Fsp3) is 0.182. The van der Waals surface area contributed by atoms with Crippen molar-refractivity contribution in [2.75, 3.05) is 0 Å². The van der Waals surface area contributed by atoms with Gasteiger partial charge in [0.1, 0.15) is 0 Å². The van der Waals surface area contributed by atoms with Gasteiger partial charge in [0.2, 0.25) is 0 Å². The molecule has 0 atom stereocenters. The first-order valence-electron chi connectivity index (χ1n) is 4.49. The smallest absolute Gasteiger partial charge is 0.0668 e. The predicted octanol–water partition coefficient (Wildman–Crippen LogP) is 3.07. The van der Waals surface area contributed by atoms with Crippen molar-refractivity contribution in [3.63, 3.8) is 0 Å². The average Bonchev–Trinajstić information content (AvgIpc) is 2.56. The molecule has 0 spiro atoms. The van der Waals surface area contributed by atoms with E-state index in [1.807, 2.05) is 6.92 Å². The Hall–Kier alpha value is -1.09. The maximum Gasteiger partial charge on any atom is 0.0668 e.